The fourth-order valence-corrected chi connectivity index (χ4v) is 9.79. The summed E-state index contributed by atoms with van der Waals surface area (Å²) in [5.74, 6) is -5.66. The van der Waals surface area contributed by atoms with Gasteiger partial charge in [0.15, 0.2) is 23.6 Å². The van der Waals surface area contributed by atoms with Crippen LogP contribution in [0.4, 0.5) is 9.59 Å². The van der Waals surface area contributed by atoms with Crippen molar-refractivity contribution in [1.82, 2.24) is 5.32 Å². The van der Waals surface area contributed by atoms with Gasteiger partial charge in [-0.05, 0) is 70.2 Å². The predicted octanol–water partition coefficient (Wildman–Crippen LogP) is 4.11. The smallest absolute Gasteiger partial charge is 0.455 e. The molecule has 1 aromatic rings. The number of hydrogen-bond donors (Lipinski definition) is 4. The summed E-state index contributed by atoms with van der Waals surface area (Å²) in [5, 5.41) is 40.1. The van der Waals surface area contributed by atoms with Gasteiger partial charge in [0.25, 0.3) is 0 Å². The van der Waals surface area contributed by atoms with E-state index in [2.05, 4.69) is 5.32 Å². The summed E-state index contributed by atoms with van der Waals surface area (Å²) in [6, 6.07) is 6.49. The Hall–Kier alpha value is -4.58. The summed E-state index contributed by atoms with van der Waals surface area (Å²) >= 11 is 0. The summed E-state index contributed by atoms with van der Waals surface area (Å²) in [6.07, 6.45) is -11.5. The third-order valence-corrected chi connectivity index (χ3v) is 13.2. The minimum Gasteiger partial charge on any atom is -0.455 e. The van der Waals surface area contributed by atoms with E-state index in [4.69, 9.17) is 33.2 Å². The Morgan fingerprint density at radius 3 is 2.07 bits per heavy atom. The first kappa shape index (κ1) is 47.5. The molecule has 5 rings (SSSR count). The second kappa shape index (κ2) is 16.0. The molecular weight excluding hydrogens is 798 g/mol. The van der Waals surface area contributed by atoms with Crippen molar-refractivity contribution in [2.75, 3.05) is 13.7 Å². The molecule has 3 fully saturated rings. The molecule has 4 aliphatic rings. The number of alkyl carbamates (subject to hydrolysis) is 1. The summed E-state index contributed by atoms with van der Waals surface area (Å²) < 4.78 is 40.6. The van der Waals surface area contributed by atoms with Crippen molar-refractivity contribution in [3.63, 3.8) is 0 Å². The lowest BCUT2D eigenvalue weighted by molar-refractivity contribution is -0.345. The number of ketones is 1. The molecule has 1 heterocycles. The zero-order valence-electron chi connectivity index (χ0n) is 37.2. The molecule has 1 unspecified atom stereocenters. The molecule has 1 amide bonds. The van der Waals surface area contributed by atoms with Gasteiger partial charge >= 0.3 is 30.2 Å². The van der Waals surface area contributed by atoms with E-state index in [-0.39, 0.29) is 29.7 Å². The highest BCUT2D eigenvalue weighted by molar-refractivity contribution is 5.95. The van der Waals surface area contributed by atoms with Gasteiger partial charge in [-0.3, -0.25) is 9.59 Å². The third-order valence-electron chi connectivity index (χ3n) is 13.2. The number of nitrogens with one attached hydrogen (secondary N) is 1. The van der Waals surface area contributed by atoms with Crippen molar-refractivity contribution in [2.45, 2.75) is 155 Å². The van der Waals surface area contributed by atoms with Crippen LogP contribution in [0, 0.1) is 22.2 Å². The van der Waals surface area contributed by atoms with Gasteiger partial charge in [-0.15, -0.1) is 0 Å². The maximum Gasteiger partial charge on any atom is 0.508 e. The summed E-state index contributed by atoms with van der Waals surface area (Å²) in [7, 11) is 1.07. The quantitative estimate of drug-likeness (QED) is 0.163. The van der Waals surface area contributed by atoms with Crippen molar-refractivity contribution in [3.8, 4) is 0 Å². The Kier molecular flexibility index (Phi) is 12.4. The molecule has 17 heteroatoms. The second-order valence-electron chi connectivity index (χ2n) is 19.7. The molecule has 0 aromatic heterocycles. The maximum absolute atomic E-state index is 15.6. The number of ether oxygens (including phenoxy) is 7. The van der Waals surface area contributed by atoms with Gasteiger partial charge in [0.1, 0.15) is 29.0 Å². The highest BCUT2D eigenvalue weighted by atomic mass is 16.8. The number of esters is 3. The Bertz CT molecular complexity index is 1970. The van der Waals surface area contributed by atoms with Crippen LogP contribution in [0.3, 0.4) is 0 Å². The molecule has 2 saturated carbocycles. The normalized spacial score (nSPS) is 34.0. The first-order valence-electron chi connectivity index (χ1n) is 20.3. The van der Waals surface area contributed by atoms with Gasteiger partial charge in [-0.2, -0.15) is 0 Å². The number of aliphatic hydroxyl groups is 3. The number of methoxy groups -OCH3 is 1. The number of benzene rings is 1. The Morgan fingerprint density at radius 1 is 0.951 bits per heavy atom. The topological polar surface area (TPSA) is 240 Å². The Balaban J connectivity index is 1.78. The van der Waals surface area contributed by atoms with Crippen LogP contribution in [0.1, 0.15) is 106 Å². The largest absolute Gasteiger partial charge is 0.508 e. The van der Waals surface area contributed by atoms with E-state index in [0.29, 0.717) is 0 Å². The van der Waals surface area contributed by atoms with E-state index < -0.39 is 123 Å². The van der Waals surface area contributed by atoms with E-state index in [1.165, 1.54) is 32.9 Å². The average Bonchev–Trinajstić information content (AvgIpc) is 3.13. The number of rotatable bonds is 8. The van der Waals surface area contributed by atoms with Crippen LogP contribution in [-0.2, 0) is 47.5 Å². The number of Topliss-reactive ketones (excluding diaryl/α,β-unsaturated/α-hetero) is 1. The number of carbonyl (C=O) groups is 6. The van der Waals surface area contributed by atoms with Crippen LogP contribution < -0.4 is 5.32 Å². The van der Waals surface area contributed by atoms with Crippen molar-refractivity contribution < 1.29 is 77.2 Å². The molecule has 2 bridgehead atoms. The number of amides is 1. The van der Waals surface area contributed by atoms with E-state index in [1.54, 1.807) is 73.6 Å². The number of aliphatic hydroxyl groups excluding tert-OH is 2. The predicted molar refractivity (Wildman–Crippen MR) is 214 cm³/mol. The molecule has 1 aromatic carbocycles. The van der Waals surface area contributed by atoms with Crippen molar-refractivity contribution in [1.29, 1.82) is 0 Å². The minimum absolute atomic E-state index is 0.0342. The highest BCUT2D eigenvalue weighted by Crippen LogP contribution is 2.65. The fourth-order valence-electron chi connectivity index (χ4n) is 9.79. The zero-order chi connectivity index (χ0) is 46.1. The van der Waals surface area contributed by atoms with E-state index in [1.807, 2.05) is 0 Å². The SMILES string of the molecule is COC(=O)O[C@@]12CO[C@@H]1C[C@H](O)[C@@]1(C)C(=O)[C@H](OC(C)=O)C3=C(C)[C@@](C)(OC(=O)[C@H](O)[C@@H](NC(=O)OC(C)(C)C)C(C)(C)C)C[C@@](O)([C@@H](OC(=O)c4ccccc4)C12)C3(C)C. The van der Waals surface area contributed by atoms with Gasteiger partial charge in [0.05, 0.1) is 42.8 Å². The lowest BCUT2D eigenvalue weighted by Crippen LogP contribution is -2.82. The van der Waals surface area contributed by atoms with Crippen molar-refractivity contribution in [2.24, 2.45) is 22.2 Å². The van der Waals surface area contributed by atoms with E-state index in [9.17, 15) is 39.3 Å². The van der Waals surface area contributed by atoms with Crippen LogP contribution >= 0.6 is 0 Å². The molecule has 0 radical (unpaired) electrons. The Labute approximate surface area is 355 Å². The van der Waals surface area contributed by atoms with Gasteiger partial charge in [-0.25, -0.2) is 19.2 Å². The summed E-state index contributed by atoms with van der Waals surface area (Å²) in [4.78, 5) is 83.3. The van der Waals surface area contributed by atoms with Gasteiger partial charge in [0.2, 0.25) is 0 Å². The lowest BCUT2D eigenvalue weighted by atomic mass is 9.44. The molecule has 61 heavy (non-hydrogen) atoms. The van der Waals surface area contributed by atoms with Crippen LogP contribution in [0.2, 0.25) is 0 Å². The van der Waals surface area contributed by atoms with E-state index >= 15 is 4.79 Å². The molecule has 338 valence electrons. The average molecular weight is 860 g/mol. The first-order valence-corrected chi connectivity index (χ1v) is 20.3. The molecular formula is C44H61NO16. The van der Waals surface area contributed by atoms with Crippen LogP contribution in [0.15, 0.2) is 41.5 Å². The molecule has 0 spiro atoms. The Morgan fingerprint density at radius 2 is 1.56 bits per heavy atom. The number of hydrogen-bond acceptors (Lipinski definition) is 16. The number of carbonyl (C=O) groups excluding carboxylic acids is 6. The van der Waals surface area contributed by atoms with Gasteiger partial charge < -0.3 is 53.8 Å². The monoisotopic (exact) mass is 859 g/mol. The lowest BCUT2D eigenvalue weighted by Gasteiger charge is -2.67. The van der Waals surface area contributed by atoms with Crippen LogP contribution in [0.25, 0.3) is 0 Å². The van der Waals surface area contributed by atoms with Gasteiger partial charge in [-0.1, -0.05) is 52.8 Å². The molecule has 11 atom stereocenters. The van der Waals surface area contributed by atoms with E-state index in [0.717, 1.165) is 14.0 Å². The highest BCUT2D eigenvalue weighted by Gasteiger charge is 2.79. The molecule has 3 aliphatic carbocycles. The van der Waals surface area contributed by atoms with Crippen LogP contribution in [-0.4, -0.2) is 124 Å². The van der Waals surface area contributed by atoms with Crippen molar-refractivity contribution >= 4 is 35.9 Å². The van der Waals surface area contributed by atoms with Gasteiger partial charge in [0, 0.05) is 25.2 Å². The standard InChI is InChI=1S/C44H61NO16/c1-22-27-29(57-23(2)46)32(49)42(12)25(47)19-26-43(21-56-26,61-37(53)55-13)30(42)33(58-34(50)24-17-15-14-16-18-24)44(54,40(27,9)10)20-41(22,11)59-35(51)28(48)31(38(3,4)5)45-36(52)60-39(6,7)8/h14-18,25-26,28-31,33,47-48,54H,19-21H2,1-13H3,(H,45,52)/t25-,26+,28+,29+,30?,31+,33-,41-,42+,43-,44+/m0/s1. The zero-order valence-corrected chi connectivity index (χ0v) is 37.2. The second-order valence-corrected chi connectivity index (χ2v) is 19.7. The molecule has 1 saturated heterocycles. The number of fused-ring (bicyclic) bond motifs is 5. The molecule has 17 nitrogen and oxygen atoms in total. The molecule has 1 aliphatic heterocycles. The fraction of sp³-hybridized carbons (Fsp3) is 0.682. The molecule has 4 N–H and O–H groups in total. The summed E-state index contributed by atoms with van der Waals surface area (Å²) in [5.41, 5.74) is -11.9. The minimum atomic E-state index is -2.46. The summed E-state index contributed by atoms with van der Waals surface area (Å²) in [6.45, 7) is 18.0. The third kappa shape index (κ3) is 8.14. The van der Waals surface area contributed by atoms with Crippen molar-refractivity contribution in [3.05, 3.63) is 47.0 Å². The first-order chi connectivity index (χ1) is 27.9. The maximum atomic E-state index is 15.6. The van der Waals surface area contributed by atoms with Crippen LogP contribution in [0.5, 0.6) is 0 Å².